The van der Waals surface area contributed by atoms with Crippen LogP contribution in [0, 0.1) is 0 Å². The van der Waals surface area contributed by atoms with Gasteiger partial charge in [0.15, 0.2) is 0 Å². The van der Waals surface area contributed by atoms with E-state index in [0.717, 1.165) is 13.1 Å². The molecule has 2 rings (SSSR count). The Morgan fingerprint density at radius 2 is 1.70 bits per heavy atom. The number of hydrogen-bond acceptors (Lipinski definition) is 1. The van der Waals surface area contributed by atoms with E-state index in [9.17, 15) is 0 Å². The highest BCUT2D eigenvalue weighted by atomic mass is 15.0. The summed E-state index contributed by atoms with van der Waals surface area (Å²) < 4.78 is 2.26. The van der Waals surface area contributed by atoms with E-state index in [4.69, 9.17) is 0 Å². The van der Waals surface area contributed by atoms with Crippen molar-refractivity contribution in [2.24, 2.45) is 0 Å². The first-order chi connectivity index (χ1) is 9.60. The number of nitrogens with one attached hydrogen (secondary N) is 1. The van der Waals surface area contributed by atoms with Crippen molar-refractivity contribution in [1.29, 1.82) is 0 Å². The Morgan fingerprint density at radius 3 is 2.30 bits per heavy atom. The van der Waals surface area contributed by atoms with Crippen molar-refractivity contribution >= 4 is 0 Å². The van der Waals surface area contributed by atoms with Crippen LogP contribution < -0.4 is 5.32 Å². The summed E-state index contributed by atoms with van der Waals surface area (Å²) in [7, 11) is 0. The molecule has 2 aromatic rings. The van der Waals surface area contributed by atoms with Crippen LogP contribution in [0.25, 0.3) is 0 Å². The topological polar surface area (TPSA) is 17.0 Å². The van der Waals surface area contributed by atoms with E-state index >= 15 is 0 Å². The molecule has 0 spiro atoms. The van der Waals surface area contributed by atoms with E-state index in [1.54, 1.807) is 0 Å². The van der Waals surface area contributed by atoms with Gasteiger partial charge in [-0.25, -0.2) is 0 Å². The standard InChI is InChI=1S/C18H26N2/c1-5-19-15(4)18-10-11-20(13-18)12-16-6-8-17(9-7-16)14(2)3/h6-11,13-15,19H,5,12H2,1-4H3. The van der Waals surface area contributed by atoms with Crippen LogP contribution in [0.15, 0.2) is 42.7 Å². The van der Waals surface area contributed by atoms with E-state index in [1.807, 2.05) is 0 Å². The van der Waals surface area contributed by atoms with Gasteiger partial charge in [-0.3, -0.25) is 0 Å². The SMILES string of the molecule is CCNC(C)c1ccn(Cc2ccc(C(C)C)cc2)c1. The van der Waals surface area contributed by atoms with Crippen LogP contribution in [-0.4, -0.2) is 11.1 Å². The maximum Gasteiger partial charge on any atom is 0.0470 e. The van der Waals surface area contributed by atoms with E-state index in [2.05, 4.69) is 80.3 Å². The van der Waals surface area contributed by atoms with Crippen LogP contribution in [0.3, 0.4) is 0 Å². The van der Waals surface area contributed by atoms with Gasteiger partial charge in [-0.2, -0.15) is 0 Å². The molecule has 0 aliphatic carbocycles. The zero-order valence-corrected chi connectivity index (χ0v) is 13.1. The molecule has 0 bridgehead atoms. The second kappa shape index (κ2) is 6.76. The van der Waals surface area contributed by atoms with Crippen molar-refractivity contribution in [1.82, 2.24) is 9.88 Å². The minimum Gasteiger partial charge on any atom is -0.350 e. The Bertz CT molecular complexity index is 523. The second-order valence-corrected chi connectivity index (χ2v) is 5.79. The van der Waals surface area contributed by atoms with Gasteiger partial charge in [0.1, 0.15) is 0 Å². The van der Waals surface area contributed by atoms with Gasteiger partial charge in [0.2, 0.25) is 0 Å². The summed E-state index contributed by atoms with van der Waals surface area (Å²) in [5.74, 6) is 0.600. The van der Waals surface area contributed by atoms with Gasteiger partial charge in [0.25, 0.3) is 0 Å². The minimum absolute atomic E-state index is 0.421. The molecule has 0 amide bonds. The maximum absolute atomic E-state index is 3.45. The Balaban J connectivity index is 2.03. The molecule has 0 saturated carbocycles. The fourth-order valence-electron chi connectivity index (χ4n) is 2.46. The lowest BCUT2D eigenvalue weighted by Crippen LogP contribution is -2.17. The fourth-order valence-corrected chi connectivity index (χ4v) is 2.46. The third kappa shape index (κ3) is 3.73. The first kappa shape index (κ1) is 14.9. The molecular formula is C18H26N2. The molecular weight excluding hydrogens is 244 g/mol. The quantitative estimate of drug-likeness (QED) is 0.826. The van der Waals surface area contributed by atoms with Crippen LogP contribution >= 0.6 is 0 Å². The zero-order valence-electron chi connectivity index (χ0n) is 13.1. The lowest BCUT2D eigenvalue weighted by molar-refractivity contribution is 0.596. The molecule has 0 aliphatic rings. The summed E-state index contributed by atoms with van der Waals surface area (Å²) in [6.45, 7) is 10.8. The van der Waals surface area contributed by atoms with E-state index in [1.165, 1.54) is 16.7 Å². The largest absolute Gasteiger partial charge is 0.350 e. The molecule has 1 heterocycles. The normalized spacial score (nSPS) is 12.8. The highest BCUT2D eigenvalue weighted by Gasteiger charge is 2.05. The molecule has 0 fully saturated rings. The third-order valence-electron chi connectivity index (χ3n) is 3.80. The van der Waals surface area contributed by atoms with Gasteiger partial charge in [-0.1, -0.05) is 45.0 Å². The minimum atomic E-state index is 0.421. The van der Waals surface area contributed by atoms with Crippen LogP contribution in [0.2, 0.25) is 0 Å². The Labute approximate surface area is 122 Å². The Kier molecular flexibility index (Phi) is 5.02. The maximum atomic E-state index is 3.45. The van der Waals surface area contributed by atoms with Crippen LogP contribution in [0.4, 0.5) is 0 Å². The molecule has 0 saturated heterocycles. The van der Waals surface area contributed by atoms with Crippen molar-refractivity contribution in [3.8, 4) is 0 Å². The lowest BCUT2D eigenvalue weighted by Gasteiger charge is -2.10. The molecule has 1 aromatic heterocycles. The number of rotatable bonds is 6. The summed E-state index contributed by atoms with van der Waals surface area (Å²) in [5, 5.41) is 3.45. The third-order valence-corrected chi connectivity index (χ3v) is 3.80. The van der Waals surface area contributed by atoms with Gasteiger partial charge >= 0.3 is 0 Å². The number of benzene rings is 1. The second-order valence-electron chi connectivity index (χ2n) is 5.79. The van der Waals surface area contributed by atoms with Crippen molar-refractivity contribution in [2.75, 3.05) is 6.54 Å². The van der Waals surface area contributed by atoms with Gasteiger partial charge in [0.05, 0.1) is 0 Å². The zero-order chi connectivity index (χ0) is 14.5. The van der Waals surface area contributed by atoms with Crippen LogP contribution in [0.1, 0.15) is 56.3 Å². The lowest BCUT2D eigenvalue weighted by atomic mass is 10.0. The highest BCUT2D eigenvalue weighted by Crippen LogP contribution is 2.17. The molecule has 1 atom stereocenters. The van der Waals surface area contributed by atoms with Crippen molar-refractivity contribution in [2.45, 2.75) is 46.2 Å². The summed E-state index contributed by atoms with van der Waals surface area (Å²) in [5.41, 5.74) is 4.11. The molecule has 20 heavy (non-hydrogen) atoms. The van der Waals surface area contributed by atoms with Crippen molar-refractivity contribution < 1.29 is 0 Å². The Morgan fingerprint density at radius 1 is 1.00 bits per heavy atom. The Hall–Kier alpha value is -1.54. The first-order valence-electron chi connectivity index (χ1n) is 7.58. The molecule has 1 N–H and O–H groups in total. The van der Waals surface area contributed by atoms with Crippen molar-refractivity contribution in [3.63, 3.8) is 0 Å². The van der Waals surface area contributed by atoms with Crippen LogP contribution in [-0.2, 0) is 6.54 Å². The molecule has 0 radical (unpaired) electrons. The predicted octanol–water partition coefficient (Wildman–Crippen LogP) is 4.33. The van der Waals surface area contributed by atoms with E-state index in [-0.39, 0.29) is 0 Å². The number of aromatic nitrogens is 1. The smallest absolute Gasteiger partial charge is 0.0470 e. The van der Waals surface area contributed by atoms with E-state index in [0.29, 0.717) is 12.0 Å². The molecule has 1 aromatic carbocycles. The molecule has 1 unspecified atom stereocenters. The number of nitrogens with zero attached hydrogens (tertiary/aromatic N) is 1. The summed E-state index contributed by atoms with van der Waals surface area (Å²) in [6, 6.07) is 11.6. The molecule has 0 aliphatic heterocycles. The monoisotopic (exact) mass is 270 g/mol. The molecule has 108 valence electrons. The van der Waals surface area contributed by atoms with Gasteiger partial charge in [-0.05, 0) is 42.1 Å². The number of hydrogen-bond donors (Lipinski definition) is 1. The average Bonchev–Trinajstić information content (AvgIpc) is 2.88. The summed E-state index contributed by atoms with van der Waals surface area (Å²) in [4.78, 5) is 0. The highest BCUT2D eigenvalue weighted by molar-refractivity contribution is 5.25. The average molecular weight is 270 g/mol. The summed E-state index contributed by atoms with van der Waals surface area (Å²) in [6.07, 6.45) is 4.41. The van der Waals surface area contributed by atoms with Crippen LogP contribution in [0.5, 0.6) is 0 Å². The van der Waals surface area contributed by atoms with Crippen molar-refractivity contribution in [3.05, 3.63) is 59.4 Å². The molecule has 2 nitrogen and oxygen atoms in total. The molecule has 2 heteroatoms. The van der Waals surface area contributed by atoms with E-state index < -0.39 is 0 Å². The predicted molar refractivity (Wildman–Crippen MR) is 86.2 cm³/mol. The first-order valence-corrected chi connectivity index (χ1v) is 7.58. The van der Waals surface area contributed by atoms with Gasteiger partial charge in [0, 0.05) is 25.0 Å². The van der Waals surface area contributed by atoms with Gasteiger partial charge in [-0.15, -0.1) is 0 Å². The summed E-state index contributed by atoms with van der Waals surface area (Å²) >= 11 is 0. The fraction of sp³-hybridized carbons (Fsp3) is 0.444. The van der Waals surface area contributed by atoms with Gasteiger partial charge < -0.3 is 9.88 Å².